The fraction of sp³-hybridized carbons (Fsp3) is 0.400. The molecule has 28 heavy (non-hydrogen) atoms. The zero-order chi connectivity index (χ0) is 20.4. The normalized spacial score (nSPS) is 19.0. The second-order valence-corrected chi connectivity index (χ2v) is 11.3. The largest absolute Gasteiger partial charge is 0.243 e. The highest BCUT2D eigenvalue weighted by atomic mass is 32.2. The number of nitrogens with zero attached hydrogens (tertiary/aromatic N) is 2. The Balaban J connectivity index is 1.79. The van der Waals surface area contributed by atoms with E-state index in [4.69, 9.17) is 0 Å². The number of hydrogen-bond acceptors (Lipinski definition) is 4. The number of benzene rings is 2. The molecular weight excluding hydrogens is 396 g/mol. The second-order valence-electron chi connectivity index (χ2n) is 7.33. The highest BCUT2D eigenvalue weighted by molar-refractivity contribution is 7.89. The zero-order valence-electron chi connectivity index (χ0n) is 16.2. The molecule has 0 bridgehead atoms. The molecular formula is C20H26N2O4S2. The molecule has 1 atom stereocenters. The third-order valence-corrected chi connectivity index (χ3v) is 8.73. The van der Waals surface area contributed by atoms with Crippen LogP contribution in [-0.2, 0) is 26.6 Å². The lowest BCUT2D eigenvalue weighted by atomic mass is 10.0. The van der Waals surface area contributed by atoms with Crippen LogP contribution in [-0.4, -0.2) is 45.6 Å². The molecule has 1 heterocycles. The molecule has 3 rings (SSSR count). The van der Waals surface area contributed by atoms with Crippen molar-refractivity contribution in [3.63, 3.8) is 0 Å². The molecule has 1 fully saturated rings. The fourth-order valence-electron chi connectivity index (χ4n) is 3.40. The Morgan fingerprint density at radius 3 is 2.18 bits per heavy atom. The summed E-state index contributed by atoms with van der Waals surface area (Å²) >= 11 is 0. The minimum absolute atomic E-state index is 0.0805. The standard InChI is InChI=1S/C20H26N2O4S2/c1-17-7-6-14-22(15-17)28(25,26)20-12-10-19(11-13-20)27(23,24)21(2)16-18-8-4-3-5-9-18/h3-5,8-13,17H,6-7,14-16H2,1-2H3. The van der Waals surface area contributed by atoms with Crippen LogP contribution in [0.15, 0.2) is 64.4 Å². The Kier molecular flexibility index (Phi) is 6.24. The Bertz CT molecular complexity index is 1000. The van der Waals surface area contributed by atoms with Crippen molar-refractivity contribution in [2.75, 3.05) is 20.1 Å². The summed E-state index contributed by atoms with van der Waals surface area (Å²) in [7, 11) is -5.79. The number of piperidine rings is 1. The summed E-state index contributed by atoms with van der Waals surface area (Å²) in [6.45, 7) is 3.30. The van der Waals surface area contributed by atoms with Crippen LogP contribution in [0.1, 0.15) is 25.3 Å². The van der Waals surface area contributed by atoms with E-state index in [0.29, 0.717) is 19.0 Å². The quantitative estimate of drug-likeness (QED) is 0.717. The lowest BCUT2D eigenvalue weighted by Crippen LogP contribution is -2.39. The van der Waals surface area contributed by atoms with Gasteiger partial charge in [0.15, 0.2) is 0 Å². The van der Waals surface area contributed by atoms with Gasteiger partial charge in [-0.2, -0.15) is 8.61 Å². The number of sulfonamides is 2. The molecule has 0 amide bonds. The smallest absolute Gasteiger partial charge is 0.207 e. The van der Waals surface area contributed by atoms with Crippen LogP contribution >= 0.6 is 0 Å². The van der Waals surface area contributed by atoms with E-state index in [0.717, 1.165) is 18.4 Å². The minimum Gasteiger partial charge on any atom is -0.207 e. The maximum Gasteiger partial charge on any atom is 0.243 e. The maximum absolute atomic E-state index is 12.8. The summed E-state index contributed by atoms with van der Waals surface area (Å²) in [5, 5.41) is 0. The first-order chi connectivity index (χ1) is 13.2. The van der Waals surface area contributed by atoms with Crippen LogP contribution < -0.4 is 0 Å². The lowest BCUT2D eigenvalue weighted by molar-refractivity contribution is 0.281. The molecule has 0 aliphatic carbocycles. The number of hydrogen-bond donors (Lipinski definition) is 0. The van der Waals surface area contributed by atoms with Crippen molar-refractivity contribution in [3.05, 3.63) is 60.2 Å². The first-order valence-electron chi connectivity index (χ1n) is 9.32. The average molecular weight is 423 g/mol. The van der Waals surface area contributed by atoms with Gasteiger partial charge in [0.25, 0.3) is 0 Å². The highest BCUT2D eigenvalue weighted by Crippen LogP contribution is 2.25. The van der Waals surface area contributed by atoms with Crippen LogP contribution in [0, 0.1) is 5.92 Å². The summed E-state index contributed by atoms with van der Waals surface area (Å²) in [6.07, 6.45) is 1.87. The van der Waals surface area contributed by atoms with Gasteiger partial charge in [0.05, 0.1) is 9.79 Å². The van der Waals surface area contributed by atoms with Crippen molar-refractivity contribution in [1.82, 2.24) is 8.61 Å². The SMILES string of the molecule is CC1CCCN(S(=O)(=O)c2ccc(S(=O)(=O)N(C)Cc3ccccc3)cc2)C1. The Labute approximate surface area is 167 Å². The van der Waals surface area contributed by atoms with Crippen LogP contribution in [0.2, 0.25) is 0 Å². The number of rotatable bonds is 6. The Morgan fingerprint density at radius 1 is 0.964 bits per heavy atom. The summed E-state index contributed by atoms with van der Waals surface area (Å²) in [4.78, 5) is 0.211. The van der Waals surface area contributed by atoms with Crippen molar-refractivity contribution < 1.29 is 16.8 Å². The van der Waals surface area contributed by atoms with Crippen LogP contribution in [0.4, 0.5) is 0 Å². The van der Waals surface area contributed by atoms with Gasteiger partial charge in [-0.05, 0) is 48.6 Å². The maximum atomic E-state index is 12.8. The molecule has 1 saturated heterocycles. The topological polar surface area (TPSA) is 74.8 Å². The van der Waals surface area contributed by atoms with Crippen molar-refractivity contribution in [2.45, 2.75) is 36.1 Å². The highest BCUT2D eigenvalue weighted by Gasteiger charge is 2.29. The van der Waals surface area contributed by atoms with Crippen molar-refractivity contribution in [3.8, 4) is 0 Å². The van der Waals surface area contributed by atoms with Gasteiger partial charge in [-0.3, -0.25) is 0 Å². The minimum atomic E-state index is -3.71. The fourth-order valence-corrected chi connectivity index (χ4v) is 6.16. The molecule has 0 saturated carbocycles. The third kappa shape index (κ3) is 4.46. The second kappa shape index (κ2) is 8.32. The van der Waals surface area contributed by atoms with Crippen LogP contribution in [0.25, 0.3) is 0 Å². The zero-order valence-corrected chi connectivity index (χ0v) is 17.8. The first kappa shape index (κ1) is 21.0. The molecule has 1 aliphatic rings. The van der Waals surface area contributed by atoms with Crippen molar-refractivity contribution >= 4 is 20.0 Å². The van der Waals surface area contributed by atoms with E-state index in [9.17, 15) is 16.8 Å². The van der Waals surface area contributed by atoms with E-state index >= 15 is 0 Å². The molecule has 152 valence electrons. The molecule has 6 nitrogen and oxygen atoms in total. The van der Waals surface area contributed by atoms with Gasteiger partial charge < -0.3 is 0 Å². The van der Waals surface area contributed by atoms with Gasteiger partial charge in [0.2, 0.25) is 20.0 Å². The third-order valence-electron chi connectivity index (χ3n) is 5.04. The van der Waals surface area contributed by atoms with Gasteiger partial charge >= 0.3 is 0 Å². The predicted octanol–water partition coefficient (Wildman–Crippen LogP) is 2.93. The molecule has 0 aromatic heterocycles. The van der Waals surface area contributed by atoms with Gasteiger partial charge in [0.1, 0.15) is 0 Å². The molecule has 1 aliphatic heterocycles. The van der Waals surface area contributed by atoms with E-state index < -0.39 is 20.0 Å². The lowest BCUT2D eigenvalue weighted by Gasteiger charge is -2.30. The summed E-state index contributed by atoms with van der Waals surface area (Å²) < 4.78 is 54.0. The van der Waals surface area contributed by atoms with Gasteiger partial charge in [0, 0.05) is 26.7 Å². The van der Waals surface area contributed by atoms with Crippen molar-refractivity contribution in [2.24, 2.45) is 5.92 Å². The summed E-state index contributed by atoms with van der Waals surface area (Å²) in [6, 6.07) is 14.8. The average Bonchev–Trinajstić information content (AvgIpc) is 2.69. The van der Waals surface area contributed by atoms with Crippen molar-refractivity contribution in [1.29, 1.82) is 0 Å². The van der Waals surface area contributed by atoms with Gasteiger partial charge in [-0.25, -0.2) is 16.8 Å². The summed E-state index contributed by atoms with van der Waals surface area (Å²) in [5.74, 6) is 0.329. The van der Waals surface area contributed by atoms with E-state index in [1.165, 1.54) is 39.9 Å². The van der Waals surface area contributed by atoms with E-state index in [-0.39, 0.29) is 16.3 Å². The summed E-state index contributed by atoms with van der Waals surface area (Å²) in [5.41, 5.74) is 0.881. The molecule has 0 spiro atoms. The first-order valence-corrected chi connectivity index (χ1v) is 12.2. The monoisotopic (exact) mass is 422 g/mol. The van der Waals surface area contributed by atoms with E-state index in [1.807, 2.05) is 37.3 Å². The Morgan fingerprint density at radius 2 is 1.57 bits per heavy atom. The van der Waals surface area contributed by atoms with E-state index in [2.05, 4.69) is 0 Å². The Hall–Kier alpha value is -1.74. The predicted molar refractivity (Wildman–Crippen MR) is 109 cm³/mol. The van der Waals surface area contributed by atoms with E-state index in [1.54, 1.807) is 0 Å². The molecule has 1 unspecified atom stereocenters. The molecule has 2 aromatic rings. The molecule has 8 heteroatoms. The van der Waals surface area contributed by atoms with Crippen LogP contribution in [0.3, 0.4) is 0 Å². The van der Waals surface area contributed by atoms with Crippen LogP contribution in [0.5, 0.6) is 0 Å². The molecule has 0 radical (unpaired) electrons. The van der Waals surface area contributed by atoms with Gasteiger partial charge in [-0.1, -0.05) is 37.3 Å². The van der Waals surface area contributed by atoms with Gasteiger partial charge in [-0.15, -0.1) is 0 Å². The molecule has 2 aromatic carbocycles. The molecule has 0 N–H and O–H groups in total.